The molecule has 1 aliphatic heterocycles. The van der Waals surface area contributed by atoms with E-state index in [9.17, 15) is 35.9 Å². The number of hydrogen-bond acceptors (Lipinski definition) is 5. The second kappa shape index (κ2) is 10.9. The van der Waals surface area contributed by atoms with E-state index < -0.39 is 34.0 Å². The van der Waals surface area contributed by atoms with Gasteiger partial charge in [-0.1, -0.05) is 13.0 Å². The Hall–Kier alpha value is -3.35. The molecule has 0 spiro atoms. The van der Waals surface area contributed by atoms with Crippen molar-refractivity contribution in [3.8, 4) is 0 Å². The predicted octanol–water partition coefficient (Wildman–Crippen LogP) is 4.50. The summed E-state index contributed by atoms with van der Waals surface area (Å²) >= 11 is 0. The Morgan fingerprint density at radius 3 is 2.29 bits per heavy atom. The molecule has 2 aromatic carbocycles. The highest BCUT2D eigenvalue weighted by molar-refractivity contribution is 7.92. The topological polar surface area (TPSA) is 124 Å². The first-order chi connectivity index (χ1) is 16.1. The maximum atomic E-state index is 13.6. The summed E-state index contributed by atoms with van der Waals surface area (Å²) in [6, 6.07) is 7.94. The number of carboxylic acid groups (broad SMARTS) is 2. The summed E-state index contributed by atoms with van der Waals surface area (Å²) in [6.45, 7) is 5.21. The number of nitrogens with zero attached hydrogens (tertiary/aromatic N) is 1. The molecule has 1 fully saturated rings. The largest absolute Gasteiger partial charge is 0.490 e. The summed E-state index contributed by atoms with van der Waals surface area (Å²) in [5.74, 6) is -4.12. The van der Waals surface area contributed by atoms with Crippen molar-refractivity contribution >= 4 is 33.3 Å². The van der Waals surface area contributed by atoms with Gasteiger partial charge < -0.3 is 15.1 Å². The maximum absolute atomic E-state index is 13.6. The Morgan fingerprint density at radius 1 is 1.11 bits per heavy atom. The Labute approximate surface area is 199 Å². The van der Waals surface area contributed by atoms with Gasteiger partial charge in [0, 0.05) is 13.1 Å². The van der Waals surface area contributed by atoms with Crippen LogP contribution in [0.3, 0.4) is 0 Å². The van der Waals surface area contributed by atoms with Crippen molar-refractivity contribution in [2.45, 2.75) is 37.8 Å². The van der Waals surface area contributed by atoms with Gasteiger partial charge in [-0.3, -0.25) is 4.72 Å². The molecule has 0 aromatic heterocycles. The number of carboxylic acids is 2. The lowest BCUT2D eigenvalue weighted by atomic mass is 9.99. The second-order valence-corrected chi connectivity index (χ2v) is 9.70. The monoisotopic (exact) mass is 520 g/mol. The lowest BCUT2D eigenvalue weighted by molar-refractivity contribution is -0.192. The van der Waals surface area contributed by atoms with Crippen molar-refractivity contribution in [1.82, 2.24) is 0 Å². The third-order valence-electron chi connectivity index (χ3n) is 5.17. The van der Waals surface area contributed by atoms with Crippen LogP contribution < -0.4 is 9.62 Å². The zero-order valence-corrected chi connectivity index (χ0v) is 19.6. The molecular weight excluding hydrogens is 496 g/mol. The average molecular weight is 521 g/mol. The Bertz CT molecular complexity index is 1200. The summed E-state index contributed by atoms with van der Waals surface area (Å²) < 4.78 is 73.7. The zero-order chi connectivity index (χ0) is 26.6. The van der Waals surface area contributed by atoms with Crippen molar-refractivity contribution in [3.05, 3.63) is 53.3 Å². The molecule has 0 radical (unpaired) electrons. The number of anilines is 2. The van der Waals surface area contributed by atoms with Crippen LogP contribution in [0, 0.1) is 18.7 Å². The zero-order valence-electron chi connectivity index (χ0n) is 18.8. The first-order valence-electron chi connectivity index (χ1n) is 10.3. The van der Waals surface area contributed by atoms with Crippen molar-refractivity contribution in [2.24, 2.45) is 5.92 Å². The standard InChI is InChI=1S/C20H23FN2O4S.C2HF3O2/c1-13-4-3-9-23(12-13)18-8-6-15(20(24)25)10-17(18)22-28(26,27)19-11-16(21)7-5-14(19)2;3-2(4,5)1(6)7/h5-8,10-11,13,22H,3-4,9,12H2,1-2H3,(H,24,25);(H,6,7). The minimum absolute atomic E-state index is 0.0255. The van der Waals surface area contributed by atoms with E-state index >= 15 is 0 Å². The molecule has 0 aliphatic carbocycles. The van der Waals surface area contributed by atoms with Crippen LogP contribution in [-0.4, -0.2) is 49.8 Å². The molecule has 192 valence electrons. The number of rotatable bonds is 5. The molecule has 1 aliphatic rings. The predicted molar refractivity (Wildman–Crippen MR) is 120 cm³/mol. The quantitative estimate of drug-likeness (QED) is 0.496. The molecule has 1 unspecified atom stereocenters. The van der Waals surface area contributed by atoms with Gasteiger partial charge in [0.15, 0.2) is 0 Å². The third kappa shape index (κ3) is 7.57. The summed E-state index contributed by atoms with van der Waals surface area (Å²) in [5.41, 5.74) is 1.17. The van der Waals surface area contributed by atoms with Crippen LogP contribution in [0.2, 0.25) is 0 Å². The summed E-state index contributed by atoms with van der Waals surface area (Å²) in [7, 11) is -4.09. The van der Waals surface area contributed by atoms with E-state index in [4.69, 9.17) is 9.90 Å². The number of hydrogen-bond donors (Lipinski definition) is 3. The first-order valence-corrected chi connectivity index (χ1v) is 11.8. The first kappa shape index (κ1) is 27.9. The van der Waals surface area contributed by atoms with Crippen LogP contribution in [0.25, 0.3) is 0 Å². The van der Waals surface area contributed by atoms with E-state index in [1.807, 2.05) is 0 Å². The van der Waals surface area contributed by atoms with Crippen LogP contribution in [0.4, 0.5) is 28.9 Å². The summed E-state index contributed by atoms with van der Waals surface area (Å²) in [4.78, 5) is 22.2. The van der Waals surface area contributed by atoms with E-state index in [-0.39, 0.29) is 16.1 Å². The summed E-state index contributed by atoms with van der Waals surface area (Å²) in [6.07, 6.45) is -3.02. The molecule has 1 atom stereocenters. The third-order valence-corrected chi connectivity index (χ3v) is 6.68. The fourth-order valence-electron chi connectivity index (χ4n) is 3.50. The van der Waals surface area contributed by atoms with Gasteiger partial charge in [0.1, 0.15) is 5.82 Å². The normalized spacial score (nSPS) is 16.2. The van der Waals surface area contributed by atoms with E-state index in [1.165, 1.54) is 24.3 Å². The van der Waals surface area contributed by atoms with E-state index in [2.05, 4.69) is 16.5 Å². The highest BCUT2D eigenvalue weighted by atomic mass is 32.2. The number of aryl methyl sites for hydroxylation is 1. The fraction of sp³-hybridized carbons (Fsp3) is 0.364. The number of aliphatic carboxylic acids is 1. The number of halogens is 4. The smallest absolute Gasteiger partial charge is 0.478 e. The van der Waals surface area contributed by atoms with Gasteiger partial charge in [-0.15, -0.1) is 0 Å². The highest BCUT2D eigenvalue weighted by Crippen LogP contribution is 2.33. The van der Waals surface area contributed by atoms with Gasteiger partial charge in [0.2, 0.25) is 0 Å². The van der Waals surface area contributed by atoms with Crippen LogP contribution in [0.1, 0.15) is 35.7 Å². The van der Waals surface area contributed by atoms with Gasteiger partial charge in [0.05, 0.1) is 21.8 Å². The Morgan fingerprint density at radius 2 is 1.74 bits per heavy atom. The number of benzene rings is 2. The van der Waals surface area contributed by atoms with E-state index in [0.29, 0.717) is 17.2 Å². The minimum Gasteiger partial charge on any atom is -0.478 e. The Balaban J connectivity index is 0.000000540. The van der Waals surface area contributed by atoms with Crippen molar-refractivity contribution in [2.75, 3.05) is 22.7 Å². The molecule has 1 heterocycles. The number of sulfonamides is 1. The van der Waals surface area contributed by atoms with Crippen molar-refractivity contribution in [3.63, 3.8) is 0 Å². The maximum Gasteiger partial charge on any atom is 0.490 e. The molecule has 0 bridgehead atoms. The van der Waals surface area contributed by atoms with E-state index in [1.54, 1.807) is 13.0 Å². The summed E-state index contributed by atoms with van der Waals surface area (Å²) in [5, 5.41) is 16.4. The molecule has 8 nitrogen and oxygen atoms in total. The molecule has 0 saturated carbocycles. The number of nitrogens with one attached hydrogen (secondary N) is 1. The number of alkyl halides is 3. The molecule has 2 aromatic rings. The van der Waals surface area contributed by atoms with Gasteiger partial charge in [-0.25, -0.2) is 22.4 Å². The number of carbonyl (C=O) groups is 2. The molecular formula is C22H24F4N2O6S. The average Bonchev–Trinajstić information content (AvgIpc) is 2.74. The highest BCUT2D eigenvalue weighted by Gasteiger charge is 2.38. The van der Waals surface area contributed by atoms with Gasteiger partial charge in [-0.2, -0.15) is 13.2 Å². The fourth-order valence-corrected chi connectivity index (χ4v) is 4.82. The molecule has 3 N–H and O–H groups in total. The number of aromatic carboxylic acids is 1. The molecule has 35 heavy (non-hydrogen) atoms. The van der Waals surface area contributed by atoms with Crippen molar-refractivity contribution in [1.29, 1.82) is 0 Å². The van der Waals surface area contributed by atoms with Crippen LogP contribution in [0.5, 0.6) is 0 Å². The van der Waals surface area contributed by atoms with Gasteiger partial charge >= 0.3 is 18.1 Å². The van der Waals surface area contributed by atoms with Crippen LogP contribution in [-0.2, 0) is 14.8 Å². The molecule has 3 rings (SSSR count). The number of piperidine rings is 1. The Kier molecular flexibility index (Phi) is 8.71. The lowest BCUT2D eigenvalue weighted by Crippen LogP contribution is -2.35. The molecule has 0 amide bonds. The molecule has 13 heteroatoms. The minimum atomic E-state index is -5.08. The van der Waals surface area contributed by atoms with Crippen LogP contribution in [0.15, 0.2) is 41.3 Å². The second-order valence-electron chi connectivity index (χ2n) is 8.05. The van der Waals surface area contributed by atoms with Gasteiger partial charge in [0.25, 0.3) is 10.0 Å². The van der Waals surface area contributed by atoms with Crippen LogP contribution >= 0.6 is 0 Å². The van der Waals surface area contributed by atoms with Crippen molar-refractivity contribution < 1.29 is 45.8 Å². The van der Waals surface area contributed by atoms with E-state index in [0.717, 1.165) is 32.0 Å². The van der Waals surface area contributed by atoms with Gasteiger partial charge in [-0.05, 0) is 61.6 Å². The molecule has 1 saturated heterocycles. The SMILES string of the molecule is Cc1ccc(F)cc1S(=O)(=O)Nc1cc(C(=O)O)ccc1N1CCCC(C)C1.O=C(O)C(F)(F)F. The lowest BCUT2D eigenvalue weighted by Gasteiger charge is -2.34.